The molecule has 0 radical (unpaired) electrons. The molecule has 0 aliphatic heterocycles. The molecular weight excluding hydrogens is 156 g/mol. The van der Waals surface area contributed by atoms with Crippen LogP contribution in [0.1, 0.15) is 27.2 Å². The summed E-state index contributed by atoms with van der Waals surface area (Å²) in [6, 6.07) is 0. The molecule has 12 heavy (non-hydrogen) atoms. The standard InChI is InChI=1S/C9H14O3/c1-5(10)9(2,3)7-4-6(7)8(11)12/h6-7H,4H2,1-3H3,(H,11,12). The third kappa shape index (κ3) is 1.36. The van der Waals surface area contributed by atoms with E-state index in [1.807, 2.05) is 13.8 Å². The molecule has 0 spiro atoms. The number of ketones is 1. The van der Waals surface area contributed by atoms with Crippen LogP contribution in [0.5, 0.6) is 0 Å². The van der Waals surface area contributed by atoms with E-state index in [9.17, 15) is 9.59 Å². The molecule has 1 aliphatic rings. The topological polar surface area (TPSA) is 54.4 Å². The molecule has 0 saturated heterocycles. The minimum atomic E-state index is -0.769. The molecule has 0 amide bonds. The molecule has 0 aromatic rings. The van der Waals surface area contributed by atoms with Crippen LogP contribution in [0.2, 0.25) is 0 Å². The van der Waals surface area contributed by atoms with Crippen molar-refractivity contribution in [3.8, 4) is 0 Å². The first-order chi connectivity index (χ1) is 5.37. The van der Waals surface area contributed by atoms with Crippen molar-refractivity contribution in [1.82, 2.24) is 0 Å². The third-order valence-corrected chi connectivity index (χ3v) is 2.94. The van der Waals surface area contributed by atoms with Crippen LogP contribution < -0.4 is 0 Å². The number of hydrogen-bond acceptors (Lipinski definition) is 2. The number of carboxylic acids is 1. The summed E-state index contributed by atoms with van der Waals surface area (Å²) in [5.74, 6) is -0.929. The third-order valence-electron chi connectivity index (χ3n) is 2.94. The minimum Gasteiger partial charge on any atom is -0.481 e. The van der Waals surface area contributed by atoms with Gasteiger partial charge in [0.15, 0.2) is 0 Å². The molecule has 1 fully saturated rings. The predicted octanol–water partition coefficient (Wildman–Crippen LogP) is 1.32. The average Bonchev–Trinajstić information content (AvgIpc) is 2.63. The predicted molar refractivity (Wildman–Crippen MR) is 43.7 cm³/mol. The van der Waals surface area contributed by atoms with Crippen molar-refractivity contribution in [3.05, 3.63) is 0 Å². The lowest BCUT2D eigenvalue weighted by Crippen LogP contribution is -2.25. The van der Waals surface area contributed by atoms with Crippen molar-refractivity contribution < 1.29 is 14.7 Å². The molecular formula is C9H14O3. The highest BCUT2D eigenvalue weighted by Gasteiger charge is 2.53. The average molecular weight is 170 g/mol. The Balaban J connectivity index is 2.64. The van der Waals surface area contributed by atoms with Crippen LogP contribution in [0.25, 0.3) is 0 Å². The Hall–Kier alpha value is -0.860. The van der Waals surface area contributed by atoms with E-state index < -0.39 is 11.4 Å². The van der Waals surface area contributed by atoms with Crippen molar-refractivity contribution in [2.24, 2.45) is 17.3 Å². The summed E-state index contributed by atoms with van der Waals surface area (Å²) in [6.07, 6.45) is 0.655. The molecule has 0 aromatic carbocycles. The molecule has 1 aliphatic carbocycles. The van der Waals surface area contributed by atoms with E-state index in [4.69, 9.17) is 5.11 Å². The van der Waals surface area contributed by atoms with Gasteiger partial charge >= 0.3 is 5.97 Å². The van der Waals surface area contributed by atoms with Crippen molar-refractivity contribution in [2.45, 2.75) is 27.2 Å². The maximum absolute atomic E-state index is 11.1. The summed E-state index contributed by atoms with van der Waals surface area (Å²) in [5.41, 5.74) is -0.455. The number of rotatable bonds is 3. The fourth-order valence-electron chi connectivity index (χ4n) is 1.53. The van der Waals surface area contributed by atoms with Crippen LogP contribution in [-0.2, 0) is 9.59 Å². The fraction of sp³-hybridized carbons (Fsp3) is 0.778. The summed E-state index contributed by atoms with van der Waals surface area (Å²) in [4.78, 5) is 21.7. The van der Waals surface area contributed by atoms with Gasteiger partial charge in [0.1, 0.15) is 5.78 Å². The number of carbonyl (C=O) groups is 2. The molecule has 2 atom stereocenters. The Kier molecular flexibility index (Phi) is 1.98. The van der Waals surface area contributed by atoms with Crippen LogP contribution in [0.3, 0.4) is 0 Å². The van der Waals surface area contributed by atoms with E-state index in [-0.39, 0.29) is 17.6 Å². The highest BCUT2D eigenvalue weighted by atomic mass is 16.4. The first-order valence-electron chi connectivity index (χ1n) is 4.11. The molecule has 1 rings (SSSR count). The van der Waals surface area contributed by atoms with Crippen LogP contribution in [0, 0.1) is 17.3 Å². The van der Waals surface area contributed by atoms with E-state index >= 15 is 0 Å². The number of hydrogen-bond donors (Lipinski definition) is 1. The number of aliphatic carboxylic acids is 1. The van der Waals surface area contributed by atoms with Gasteiger partial charge in [-0.25, -0.2) is 0 Å². The molecule has 0 aromatic heterocycles. The zero-order valence-electron chi connectivity index (χ0n) is 7.63. The monoisotopic (exact) mass is 170 g/mol. The molecule has 0 bridgehead atoms. The maximum atomic E-state index is 11.1. The lowest BCUT2D eigenvalue weighted by Gasteiger charge is -2.20. The summed E-state index contributed by atoms with van der Waals surface area (Å²) < 4.78 is 0. The fourth-order valence-corrected chi connectivity index (χ4v) is 1.53. The van der Waals surface area contributed by atoms with Gasteiger partial charge in [-0.3, -0.25) is 9.59 Å². The van der Waals surface area contributed by atoms with Gasteiger partial charge in [-0.15, -0.1) is 0 Å². The van der Waals surface area contributed by atoms with Crippen molar-refractivity contribution in [2.75, 3.05) is 0 Å². The summed E-state index contributed by atoms with van der Waals surface area (Å²) in [5, 5.41) is 8.66. The largest absolute Gasteiger partial charge is 0.481 e. The van der Waals surface area contributed by atoms with E-state index in [1.165, 1.54) is 6.92 Å². The molecule has 1 N–H and O–H groups in total. The van der Waals surface area contributed by atoms with Gasteiger partial charge in [-0.05, 0) is 19.3 Å². The molecule has 1 saturated carbocycles. The minimum absolute atomic E-state index is 0.0486. The Morgan fingerprint density at radius 2 is 1.92 bits per heavy atom. The van der Waals surface area contributed by atoms with Crippen molar-refractivity contribution >= 4 is 11.8 Å². The molecule has 3 nitrogen and oxygen atoms in total. The van der Waals surface area contributed by atoms with Gasteiger partial charge in [0, 0.05) is 5.41 Å². The summed E-state index contributed by atoms with van der Waals surface area (Å²) in [6.45, 7) is 5.17. The SMILES string of the molecule is CC(=O)C(C)(C)C1CC1C(=O)O. The Labute approximate surface area is 71.8 Å². The Morgan fingerprint density at radius 1 is 1.42 bits per heavy atom. The maximum Gasteiger partial charge on any atom is 0.306 e. The highest BCUT2D eigenvalue weighted by Crippen LogP contribution is 2.51. The first-order valence-corrected chi connectivity index (χ1v) is 4.11. The van der Waals surface area contributed by atoms with Crippen LogP contribution in [-0.4, -0.2) is 16.9 Å². The highest BCUT2D eigenvalue weighted by molar-refractivity contribution is 5.84. The number of carboxylic acid groups (broad SMARTS) is 1. The molecule has 68 valence electrons. The second-order valence-corrected chi connectivity index (χ2v) is 4.06. The van der Waals surface area contributed by atoms with Gasteiger partial charge in [0.2, 0.25) is 0 Å². The van der Waals surface area contributed by atoms with Crippen molar-refractivity contribution in [1.29, 1.82) is 0 Å². The van der Waals surface area contributed by atoms with Gasteiger partial charge in [-0.2, -0.15) is 0 Å². The normalized spacial score (nSPS) is 28.2. The van der Waals surface area contributed by atoms with Gasteiger partial charge in [-0.1, -0.05) is 13.8 Å². The quantitative estimate of drug-likeness (QED) is 0.695. The van der Waals surface area contributed by atoms with Gasteiger partial charge in [0.05, 0.1) is 5.92 Å². The van der Waals surface area contributed by atoms with Gasteiger partial charge < -0.3 is 5.11 Å². The summed E-state index contributed by atoms with van der Waals surface area (Å²) >= 11 is 0. The number of carbonyl (C=O) groups excluding carboxylic acids is 1. The second kappa shape index (κ2) is 2.57. The van der Waals surface area contributed by atoms with E-state index in [0.717, 1.165) is 0 Å². The van der Waals surface area contributed by atoms with E-state index in [0.29, 0.717) is 6.42 Å². The lowest BCUT2D eigenvalue weighted by atomic mass is 9.82. The first kappa shape index (κ1) is 9.23. The molecule has 0 heterocycles. The van der Waals surface area contributed by atoms with Crippen LogP contribution >= 0.6 is 0 Å². The summed E-state index contributed by atoms with van der Waals surface area (Å²) in [7, 11) is 0. The Bertz CT molecular complexity index is 230. The molecule has 3 heteroatoms. The van der Waals surface area contributed by atoms with E-state index in [2.05, 4.69) is 0 Å². The number of Topliss-reactive ketones (excluding diaryl/α,β-unsaturated/α-hetero) is 1. The van der Waals surface area contributed by atoms with Gasteiger partial charge in [0.25, 0.3) is 0 Å². The van der Waals surface area contributed by atoms with E-state index in [1.54, 1.807) is 0 Å². The second-order valence-electron chi connectivity index (χ2n) is 4.06. The van der Waals surface area contributed by atoms with Crippen molar-refractivity contribution in [3.63, 3.8) is 0 Å². The Morgan fingerprint density at radius 3 is 2.17 bits per heavy atom. The zero-order valence-corrected chi connectivity index (χ0v) is 7.63. The van der Waals surface area contributed by atoms with Crippen LogP contribution in [0.15, 0.2) is 0 Å². The smallest absolute Gasteiger partial charge is 0.306 e. The molecule has 2 unspecified atom stereocenters. The lowest BCUT2D eigenvalue weighted by molar-refractivity contribution is -0.139. The zero-order chi connectivity index (χ0) is 9.52. The van der Waals surface area contributed by atoms with Crippen LogP contribution in [0.4, 0.5) is 0 Å².